The van der Waals surface area contributed by atoms with Gasteiger partial charge in [0.25, 0.3) is 0 Å². The number of fused-ring (bicyclic) bond motifs is 1. The second-order valence-corrected chi connectivity index (χ2v) is 4.52. The molecule has 0 unspecified atom stereocenters. The first-order chi connectivity index (χ1) is 5.29. The first kappa shape index (κ1) is 7.41. The van der Waals surface area contributed by atoms with E-state index in [9.17, 15) is 4.79 Å². The van der Waals surface area contributed by atoms with Crippen LogP contribution in [0.3, 0.4) is 0 Å². The normalized spacial score (nSPS) is 37.5. The molecule has 0 bridgehead atoms. The van der Waals surface area contributed by atoms with Gasteiger partial charge in [0.1, 0.15) is 0 Å². The van der Waals surface area contributed by atoms with Gasteiger partial charge in [-0.15, -0.1) is 0 Å². The second-order valence-electron chi connectivity index (χ2n) is 3.38. The van der Waals surface area contributed by atoms with Gasteiger partial charge < -0.3 is 0 Å². The largest absolute Gasteiger partial charge is 0.287 e. The Bertz CT molecular complexity index is 188. The van der Waals surface area contributed by atoms with Crippen molar-refractivity contribution in [1.29, 1.82) is 0 Å². The third-order valence-electron chi connectivity index (χ3n) is 2.71. The van der Waals surface area contributed by atoms with Gasteiger partial charge in [0.15, 0.2) is 5.12 Å². The number of hydrogen-bond acceptors (Lipinski definition) is 2. The van der Waals surface area contributed by atoms with Gasteiger partial charge in [-0.25, -0.2) is 0 Å². The van der Waals surface area contributed by atoms with Crippen molar-refractivity contribution in [3.05, 3.63) is 11.5 Å². The van der Waals surface area contributed by atoms with Crippen molar-refractivity contribution in [2.45, 2.75) is 25.7 Å². The van der Waals surface area contributed by atoms with Crippen molar-refractivity contribution in [1.82, 2.24) is 0 Å². The molecule has 0 spiro atoms. The van der Waals surface area contributed by atoms with E-state index in [1.807, 2.05) is 0 Å². The van der Waals surface area contributed by atoms with Crippen molar-refractivity contribution >= 4 is 16.9 Å². The molecule has 0 aromatic carbocycles. The van der Waals surface area contributed by atoms with E-state index in [-0.39, 0.29) is 0 Å². The SMILES string of the molecule is C=C1SC(=O)[C@@H]2CCCC[C@H]12. The zero-order valence-corrected chi connectivity index (χ0v) is 7.32. The Labute approximate surface area is 71.2 Å². The summed E-state index contributed by atoms with van der Waals surface area (Å²) in [6.45, 7) is 3.93. The van der Waals surface area contributed by atoms with Crippen LogP contribution in [0.5, 0.6) is 0 Å². The lowest BCUT2D eigenvalue weighted by atomic mass is 9.80. The van der Waals surface area contributed by atoms with E-state index < -0.39 is 0 Å². The van der Waals surface area contributed by atoms with E-state index in [4.69, 9.17) is 0 Å². The Hall–Kier alpha value is -0.240. The molecule has 60 valence electrons. The monoisotopic (exact) mass is 168 g/mol. The molecular formula is C9H12OS. The molecule has 1 heterocycles. The molecule has 0 aromatic heterocycles. The number of rotatable bonds is 0. The lowest BCUT2D eigenvalue weighted by Crippen LogP contribution is -2.18. The van der Waals surface area contributed by atoms with Gasteiger partial charge in [0.05, 0.1) is 0 Å². The van der Waals surface area contributed by atoms with Crippen LogP contribution in [0.1, 0.15) is 25.7 Å². The molecule has 11 heavy (non-hydrogen) atoms. The highest BCUT2D eigenvalue weighted by molar-refractivity contribution is 8.17. The molecule has 2 atom stereocenters. The van der Waals surface area contributed by atoms with E-state index in [1.54, 1.807) is 0 Å². The van der Waals surface area contributed by atoms with E-state index in [0.717, 1.165) is 11.3 Å². The van der Waals surface area contributed by atoms with Crippen LogP contribution in [0.4, 0.5) is 0 Å². The maximum atomic E-state index is 11.3. The molecular weight excluding hydrogens is 156 g/mol. The topological polar surface area (TPSA) is 17.1 Å². The highest BCUT2D eigenvalue weighted by Crippen LogP contribution is 2.47. The zero-order chi connectivity index (χ0) is 7.84. The Morgan fingerprint density at radius 3 is 2.55 bits per heavy atom. The van der Waals surface area contributed by atoms with Gasteiger partial charge in [0.2, 0.25) is 0 Å². The highest BCUT2D eigenvalue weighted by Gasteiger charge is 2.39. The molecule has 0 amide bonds. The minimum absolute atomic E-state index is 0.334. The summed E-state index contributed by atoms with van der Waals surface area (Å²) in [7, 11) is 0. The van der Waals surface area contributed by atoms with Gasteiger partial charge in [-0.3, -0.25) is 4.79 Å². The molecule has 1 nitrogen and oxygen atoms in total. The van der Waals surface area contributed by atoms with Gasteiger partial charge in [-0.2, -0.15) is 0 Å². The fourth-order valence-electron chi connectivity index (χ4n) is 2.08. The van der Waals surface area contributed by atoms with Crippen molar-refractivity contribution in [2.75, 3.05) is 0 Å². The van der Waals surface area contributed by atoms with Crippen LogP contribution in [0, 0.1) is 11.8 Å². The minimum Gasteiger partial charge on any atom is -0.287 e. The number of carbonyl (C=O) groups is 1. The Morgan fingerprint density at radius 2 is 1.91 bits per heavy atom. The second kappa shape index (κ2) is 2.67. The summed E-state index contributed by atoms with van der Waals surface area (Å²) in [6, 6.07) is 0. The maximum absolute atomic E-state index is 11.3. The molecule has 0 N–H and O–H groups in total. The van der Waals surface area contributed by atoms with Crippen LogP contribution >= 0.6 is 11.8 Å². The molecule has 1 aliphatic carbocycles. The first-order valence-electron chi connectivity index (χ1n) is 4.19. The predicted octanol–water partition coefficient (Wildman–Crippen LogP) is 2.58. The fraction of sp³-hybridized carbons (Fsp3) is 0.667. The quantitative estimate of drug-likeness (QED) is 0.553. The van der Waals surface area contributed by atoms with Crippen molar-refractivity contribution in [3.63, 3.8) is 0 Å². The van der Waals surface area contributed by atoms with Crippen molar-refractivity contribution in [2.24, 2.45) is 11.8 Å². The lowest BCUT2D eigenvalue weighted by molar-refractivity contribution is -0.115. The summed E-state index contributed by atoms with van der Waals surface area (Å²) in [5.41, 5.74) is 0. The van der Waals surface area contributed by atoms with E-state index >= 15 is 0 Å². The smallest absolute Gasteiger partial charge is 0.197 e. The predicted molar refractivity (Wildman–Crippen MR) is 47.2 cm³/mol. The molecule has 1 saturated heterocycles. The summed E-state index contributed by atoms with van der Waals surface area (Å²) < 4.78 is 0. The minimum atomic E-state index is 0.334. The Kier molecular flexibility index (Phi) is 1.80. The van der Waals surface area contributed by atoms with Gasteiger partial charge in [0, 0.05) is 11.8 Å². The number of carbonyl (C=O) groups excluding carboxylic acids is 1. The third kappa shape index (κ3) is 1.13. The van der Waals surface area contributed by atoms with Crippen molar-refractivity contribution in [3.8, 4) is 0 Å². The summed E-state index contributed by atoms with van der Waals surface area (Å²) in [5.74, 6) is 0.863. The zero-order valence-electron chi connectivity index (χ0n) is 6.51. The number of hydrogen-bond donors (Lipinski definition) is 0. The van der Waals surface area contributed by atoms with Crippen LogP contribution in [0.2, 0.25) is 0 Å². The molecule has 0 aromatic rings. The Morgan fingerprint density at radius 1 is 1.27 bits per heavy atom. The maximum Gasteiger partial charge on any atom is 0.197 e. The van der Waals surface area contributed by atoms with Crippen LogP contribution in [-0.2, 0) is 4.79 Å². The molecule has 2 aliphatic rings. The molecule has 1 saturated carbocycles. The van der Waals surface area contributed by atoms with Crippen LogP contribution < -0.4 is 0 Å². The van der Waals surface area contributed by atoms with E-state index in [1.165, 1.54) is 31.0 Å². The third-order valence-corrected chi connectivity index (χ3v) is 3.78. The van der Waals surface area contributed by atoms with E-state index in [0.29, 0.717) is 17.0 Å². The van der Waals surface area contributed by atoms with Crippen LogP contribution in [0.25, 0.3) is 0 Å². The lowest BCUT2D eigenvalue weighted by Gasteiger charge is -2.22. The summed E-state index contributed by atoms with van der Waals surface area (Å²) in [6.07, 6.45) is 4.83. The molecule has 2 heteroatoms. The van der Waals surface area contributed by atoms with Crippen LogP contribution in [0.15, 0.2) is 11.5 Å². The molecule has 1 aliphatic heterocycles. The van der Waals surface area contributed by atoms with Gasteiger partial charge >= 0.3 is 0 Å². The van der Waals surface area contributed by atoms with E-state index in [2.05, 4.69) is 6.58 Å². The average Bonchev–Trinajstić information content (AvgIpc) is 2.30. The summed E-state index contributed by atoms with van der Waals surface area (Å²) in [5, 5.41) is 0.375. The average molecular weight is 168 g/mol. The van der Waals surface area contributed by atoms with Gasteiger partial charge in [-0.1, -0.05) is 31.2 Å². The number of allylic oxidation sites excluding steroid dienone is 1. The fourth-order valence-corrected chi connectivity index (χ4v) is 3.20. The first-order valence-corrected chi connectivity index (χ1v) is 5.01. The summed E-state index contributed by atoms with van der Waals surface area (Å²) >= 11 is 1.39. The van der Waals surface area contributed by atoms with Gasteiger partial charge in [-0.05, 0) is 17.7 Å². The molecule has 2 fully saturated rings. The Balaban J connectivity index is 2.19. The molecule has 0 radical (unpaired) electrons. The standard InChI is InChI=1S/C9H12OS/c1-6-7-4-2-3-5-8(7)9(10)11-6/h7-8H,1-5H2/t7-,8-/m1/s1. The highest BCUT2D eigenvalue weighted by atomic mass is 32.2. The number of thioether (sulfide) groups is 1. The van der Waals surface area contributed by atoms with Crippen molar-refractivity contribution < 1.29 is 4.79 Å². The van der Waals surface area contributed by atoms with Crippen LogP contribution in [-0.4, -0.2) is 5.12 Å². The summed E-state index contributed by atoms with van der Waals surface area (Å²) in [4.78, 5) is 12.4. The molecule has 2 rings (SSSR count).